The summed E-state index contributed by atoms with van der Waals surface area (Å²) in [7, 11) is 0. The van der Waals surface area contributed by atoms with Gasteiger partial charge in [-0.2, -0.15) is 0 Å². The van der Waals surface area contributed by atoms with E-state index in [-0.39, 0.29) is 5.54 Å². The first kappa shape index (κ1) is 20.0. The van der Waals surface area contributed by atoms with Gasteiger partial charge in [0.05, 0.1) is 5.54 Å². The third-order valence-corrected chi connectivity index (χ3v) is 6.81. The Morgan fingerprint density at radius 2 is 1.72 bits per heavy atom. The summed E-state index contributed by atoms with van der Waals surface area (Å²) in [5.74, 6) is 0.690. The first-order valence-corrected chi connectivity index (χ1v) is 11.6. The SMILES string of the molecule is CCC/C=C(\CCC)C1=C(c2ccccc2)[C@@]2(Nc3ccccc3)CCC[C@H]2C1. The zero-order valence-corrected chi connectivity index (χ0v) is 18.1. The molecule has 2 atom stereocenters. The molecule has 152 valence electrons. The summed E-state index contributed by atoms with van der Waals surface area (Å²) in [5.41, 5.74) is 7.56. The van der Waals surface area contributed by atoms with Crippen molar-refractivity contribution in [3.63, 3.8) is 0 Å². The lowest BCUT2D eigenvalue weighted by molar-refractivity contribution is 0.457. The molecule has 4 rings (SSSR count). The molecule has 0 unspecified atom stereocenters. The average molecular weight is 386 g/mol. The number of fused-ring (bicyclic) bond motifs is 1. The van der Waals surface area contributed by atoms with Crippen LogP contribution in [0.2, 0.25) is 0 Å². The molecule has 0 aromatic heterocycles. The van der Waals surface area contributed by atoms with Gasteiger partial charge in [0, 0.05) is 5.69 Å². The predicted octanol–water partition coefficient (Wildman–Crippen LogP) is 8.02. The van der Waals surface area contributed by atoms with Gasteiger partial charge in [-0.3, -0.25) is 0 Å². The fourth-order valence-electron chi connectivity index (χ4n) is 5.60. The largest absolute Gasteiger partial charge is 0.375 e. The van der Waals surface area contributed by atoms with E-state index in [4.69, 9.17) is 0 Å². The second kappa shape index (κ2) is 9.03. The van der Waals surface area contributed by atoms with Crippen molar-refractivity contribution in [1.29, 1.82) is 0 Å². The van der Waals surface area contributed by atoms with Crippen LogP contribution in [0.25, 0.3) is 5.57 Å². The molecule has 0 radical (unpaired) electrons. The van der Waals surface area contributed by atoms with Crippen LogP contribution in [-0.2, 0) is 0 Å². The van der Waals surface area contributed by atoms with Crippen LogP contribution in [0, 0.1) is 5.92 Å². The molecule has 2 aromatic rings. The smallest absolute Gasteiger partial charge is 0.0665 e. The van der Waals surface area contributed by atoms with Crippen molar-refractivity contribution in [2.75, 3.05) is 5.32 Å². The maximum atomic E-state index is 4.06. The summed E-state index contributed by atoms with van der Waals surface area (Å²) in [6.07, 6.45) is 12.4. The van der Waals surface area contributed by atoms with E-state index in [1.165, 1.54) is 62.6 Å². The second-order valence-electron chi connectivity index (χ2n) is 8.74. The third-order valence-electron chi connectivity index (χ3n) is 6.81. The summed E-state index contributed by atoms with van der Waals surface area (Å²) in [5, 5.41) is 4.06. The van der Waals surface area contributed by atoms with Gasteiger partial charge in [-0.25, -0.2) is 0 Å². The summed E-state index contributed by atoms with van der Waals surface area (Å²) in [6, 6.07) is 22.1. The Balaban J connectivity index is 1.86. The quantitative estimate of drug-likeness (QED) is 0.485. The fourth-order valence-corrected chi connectivity index (χ4v) is 5.60. The highest BCUT2D eigenvalue weighted by atomic mass is 15.0. The second-order valence-corrected chi connectivity index (χ2v) is 8.74. The topological polar surface area (TPSA) is 12.0 Å². The van der Waals surface area contributed by atoms with Crippen LogP contribution in [0.5, 0.6) is 0 Å². The minimum atomic E-state index is 0.0666. The van der Waals surface area contributed by atoms with Crippen molar-refractivity contribution in [3.05, 3.63) is 83.4 Å². The zero-order valence-electron chi connectivity index (χ0n) is 18.1. The van der Waals surface area contributed by atoms with Crippen molar-refractivity contribution in [1.82, 2.24) is 0 Å². The van der Waals surface area contributed by atoms with Gasteiger partial charge in [-0.05, 0) is 72.4 Å². The molecule has 2 aromatic carbocycles. The Hall–Kier alpha value is -2.28. The van der Waals surface area contributed by atoms with Crippen molar-refractivity contribution in [2.24, 2.45) is 5.92 Å². The van der Waals surface area contributed by atoms with Gasteiger partial charge in [-0.1, -0.05) is 87.7 Å². The minimum absolute atomic E-state index is 0.0666. The molecule has 1 heteroatoms. The summed E-state index contributed by atoms with van der Waals surface area (Å²) in [6.45, 7) is 4.60. The highest BCUT2D eigenvalue weighted by molar-refractivity contribution is 5.85. The Bertz CT molecular complexity index is 862. The molecule has 2 aliphatic rings. The third kappa shape index (κ3) is 3.92. The van der Waals surface area contributed by atoms with Crippen molar-refractivity contribution in [3.8, 4) is 0 Å². The maximum Gasteiger partial charge on any atom is 0.0665 e. The molecule has 0 bridgehead atoms. The number of anilines is 1. The van der Waals surface area contributed by atoms with E-state index in [9.17, 15) is 0 Å². The van der Waals surface area contributed by atoms with Crippen molar-refractivity contribution in [2.45, 2.75) is 70.8 Å². The van der Waals surface area contributed by atoms with Gasteiger partial charge < -0.3 is 5.32 Å². The van der Waals surface area contributed by atoms with Gasteiger partial charge in [-0.15, -0.1) is 0 Å². The van der Waals surface area contributed by atoms with Crippen LogP contribution in [-0.4, -0.2) is 5.54 Å². The molecule has 1 nitrogen and oxygen atoms in total. The average Bonchev–Trinajstić information content (AvgIpc) is 3.28. The molecule has 0 amide bonds. The number of hydrogen-bond acceptors (Lipinski definition) is 1. The summed E-state index contributed by atoms with van der Waals surface area (Å²) in [4.78, 5) is 0. The number of hydrogen-bond donors (Lipinski definition) is 1. The van der Waals surface area contributed by atoms with Crippen molar-refractivity contribution >= 4 is 11.3 Å². The molecule has 0 aliphatic heterocycles. The molecule has 1 fully saturated rings. The highest BCUT2D eigenvalue weighted by Crippen LogP contribution is 2.57. The molecule has 2 aliphatic carbocycles. The fraction of sp³-hybridized carbons (Fsp3) is 0.429. The molecule has 1 N–H and O–H groups in total. The molecular formula is C28H35N. The molecule has 0 spiro atoms. The zero-order chi connectivity index (χ0) is 20.1. The van der Waals surface area contributed by atoms with Gasteiger partial charge in [0.1, 0.15) is 0 Å². The molecule has 0 saturated heterocycles. The predicted molar refractivity (Wildman–Crippen MR) is 126 cm³/mol. The van der Waals surface area contributed by atoms with Crippen LogP contribution in [0.3, 0.4) is 0 Å². The number of para-hydroxylation sites is 1. The van der Waals surface area contributed by atoms with Crippen LogP contribution in [0.1, 0.15) is 70.8 Å². The van der Waals surface area contributed by atoms with E-state index in [2.05, 4.69) is 85.9 Å². The number of unbranched alkanes of at least 4 members (excludes halogenated alkanes) is 1. The van der Waals surface area contributed by atoms with Crippen LogP contribution < -0.4 is 5.32 Å². The van der Waals surface area contributed by atoms with E-state index >= 15 is 0 Å². The van der Waals surface area contributed by atoms with E-state index in [1.54, 1.807) is 16.7 Å². The monoisotopic (exact) mass is 385 g/mol. The number of rotatable bonds is 8. The molecule has 1 saturated carbocycles. The standard InChI is InChI=1S/C28H35N/c1-3-5-14-22(13-4-2)26-21-24-17-12-20-28(24,29-25-18-10-7-11-19-25)27(26)23-15-8-6-9-16-23/h6-11,14-16,18-19,24,29H,3-5,12-13,17,20-21H2,1-2H3/b22-14+/t24-,28+/m0/s1. The van der Waals surface area contributed by atoms with Gasteiger partial charge in [0.15, 0.2) is 0 Å². The maximum absolute atomic E-state index is 4.06. The van der Waals surface area contributed by atoms with E-state index < -0.39 is 0 Å². The number of allylic oxidation sites excluding steroid dienone is 3. The molecule has 29 heavy (non-hydrogen) atoms. The van der Waals surface area contributed by atoms with Crippen LogP contribution in [0.15, 0.2) is 77.9 Å². The van der Waals surface area contributed by atoms with Crippen LogP contribution >= 0.6 is 0 Å². The lowest BCUT2D eigenvalue weighted by Crippen LogP contribution is -2.40. The Labute approximate surface area is 176 Å². The Morgan fingerprint density at radius 3 is 2.41 bits per heavy atom. The lowest BCUT2D eigenvalue weighted by atomic mass is 9.80. The first-order chi connectivity index (χ1) is 14.3. The number of nitrogens with one attached hydrogen (secondary N) is 1. The van der Waals surface area contributed by atoms with Crippen molar-refractivity contribution < 1.29 is 0 Å². The lowest BCUT2D eigenvalue weighted by Gasteiger charge is -2.36. The van der Waals surface area contributed by atoms with Crippen LogP contribution in [0.4, 0.5) is 5.69 Å². The highest BCUT2D eigenvalue weighted by Gasteiger charge is 2.51. The molecule has 0 heterocycles. The van der Waals surface area contributed by atoms with Gasteiger partial charge in [0.2, 0.25) is 0 Å². The van der Waals surface area contributed by atoms with Gasteiger partial charge >= 0.3 is 0 Å². The van der Waals surface area contributed by atoms with E-state index in [0.29, 0.717) is 5.92 Å². The Morgan fingerprint density at radius 1 is 1.00 bits per heavy atom. The Kier molecular flexibility index (Phi) is 6.23. The summed E-state index contributed by atoms with van der Waals surface area (Å²) >= 11 is 0. The summed E-state index contributed by atoms with van der Waals surface area (Å²) < 4.78 is 0. The van der Waals surface area contributed by atoms with E-state index in [1.807, 2.05) is 0 Å². The van der Waals surface area contributed by atoms with Gasteiger partial charge in [0.25, 0.3) is 0 Å². The van der Waals surface area contributed by atoms with E-state index in [0.717, 1.165) is 0 Å². The minimum Gasteiger partial charge on any atom is -0.375 e. The normalized spacial score (nSPS) is 24.1. The number of benzene rings is 2. The first-order valence-electron chi connectivity index (χ1n) is 11.6. The molecular weight excluding hydrogens is 350 g/mol.